The van der Waals surface area contributed by atoms with Crippen LogP contribution in [0.25, 0.3) is 33.6 Å². The Hall–Kier alpha value is -4.64. The molecule has 1 heterocycles. The number of rotatable bonds is 8. The van der Waals surface area contributed by atoms with Gasteiger partial charge < -0.3 is 14.6 Å². The van der Waals surface area contributed by atoms with Crippen LogP contribution in [0.5, 0.6) is 0 Å². The average Bonchev–Trinajstić information content (AvgIpc) is 3.78. The topological polar surface area (TPSA) is 64.4 Å². The van der Waals surface area contributed by atoms with E-state index in [4.69, 9.17) is 9.26 Å². The van der Waals surface area contributed by atoms with E-state index < -0.39 is 0 Å². The Labute approximate surface area is 228 Å². The second-order valence-corrected chi connectivity index (χ2v) is 10.1. The Kier molecular flexibility index (Phi) is 6.72. The lowest BCUT2D eigenvalue weighted by Crippen LogP contribution is -2.10. The highest BCUT2D eigenvalue weighted by Gasteiger charge is 2.32. The van der Waals surface area contributed by atoms with Crippen molar-refractivity contribution in [1.82, 2.24) is 5.16 Å². The SMILES string of the molecule is Cc1noc(-c2ccc(-c3ccc(C(C)OC(=O)C4CC4)cc3)cc2)c1Nc1ccc(-c2ccccc2)cc1. The van der Waals surface area contributed by atoms with E-state index in [-0.39, 0.29) is 18.0 Å². The zero-order chi connectivity index (χ0) is 26.8. The van der Waals surface area contributed by atoms with Crippen LogP contribution in [-0.4, -0.2) is 11.1 Å². The first-order chi connectivity index (χ1) is 19.0. The number of aryl methyl sites for hydroxylation is 1. The third-order valence-electron chi connectivity index (χ3n) is 7.19. The van der Waals surface area contributed by atoms with E-state index in [1.807, 2.05) is 56.3 Å². The van der Waals surface area contributed by atoms with E-state index in [1.165, 1.54) is 11.1 Å². The van der Waals surface area contributed by atoms with Crippen molar-refractivity contribution in [2.45, 2.75) is 32.8 Å². The summed E-state index contributed by atoms with van der Waals surface area (Å²) >= 11 is 0. The van der Waals surface area contributed by atoms with E-state index in [1.54, 1.807) is 0 Å². The quantitative estimate of drug-likeness (QED) is 0.210. The molecule has 39 heavy (non-hydrogen) atoms. The number of hydrogen-bond donors (Lipinski definition) is 1. The molecule has 1 N–H and O–H groups in total. The van der Waals surface area contributed by atoms with Gasteiger partial charge in [-0.25, -0.2) is 0 Å². The summed E-state index contributed by atoms with van der Waals surface area (Å²) in [5, 5.41) is 7.72. The highest BCUT2D eigenvalue weighted by Crippen LogP contribution is 2.36. The van der Waals surface area contributed by atoms with Crippen LogP contribution in [0.1, 0.15) is 37.1 Å². The number of benzene rings is 4. The van der Waals surface area contributed by atoms with Crippen molar-refractivity contribution in [3.63, 3.8) is 0 Å². The Morgan fingerprint density at radius 1 is 0.795 bits per heavy atom. The molecule has 0 amide bonds. The third-order valence-corrected chi connectivity index (χ3v) is 7.19. The van der Waals surface area contributed by atoms with Crippen LogP contribution in [0.4, 0.5) is 11.4 Å². The number of carbonyl (C=O) groups excluding carboxylic acids is 1. The summed E-state index contributed by atoms with van der Waals surface area (Å²) in [6.07, 6.45) is 1.66. The van der Waals surface area contributed by atoms with E-state index in [0.29, 0.717) is 5.76 Å². The highest BCUT2D eigenvalue weighted by molar-refractivity contribution is 5.80. The van der Waals surface area contributed by atoms with Crippen molar-refractivity contribution >= 4 is 17.3 Å². The molecule has 1 aliphatic rings. The predicted octanol–water partition coefficient (Wildman–Crippen LogP) is 8.74. The standard InChI is InChI=1S/C34H30N2O3/c1-22-32(35-31-20-18-28(19-21-31)25-6-4-3-5-7-25)33(39-36-22)29-14-12-27(13-15-29)26-10-8-24(9-11-26)23(2)38-34(37)30-16-17-30/h3-15,18-21,23,30,35H,16-17H2,1-2H3. The van der Waals surface area contributed by atoms with Crippen molar-refractivity contribution in [1.29, 1.82) is 0 Å². The minimum Gasteiger partial charge on any atom is -0.458 e. The van der Waals surface area contributed by atoms with Gasteiger partial charge in [0.05, 0.1) is 5.92 Å². The molecule has 1 fully saturated rings. The number of aromatic nitrogens is 1. The van der Waals surface area contributed by atoms with Crippen LogP contribution in [0, 0.1) is 12.8 Å². The van der Waals surface area contributed by atoms with Crippen molar-refractivity contribution < 1.29 is 14.1 Å². The van der Waals surface area contributed by atoms with Gasteiger partial charge in [0.15, 0.2) is 5.76 Å². The fraction of sp³-hybridized carbons (Fsp3) is 0.176. The monoisotopic (exact) mass is 514 g/mol. The summed E-state index contributed by atoms with van der Waals surface area (Å²) in [5.41, 5.74) is 9.10. The van der Waals surface area contributed by atoms with Gasteiger partial charge in [0, 0.05) is 11.3 Å². The lowest BCUT2D eigenvalue weighted by molar-refractivity contribution is -0.150. The summed E-state index contributed by atoms with van der Waals surface area (Å²) in [6.45, 7) is 3.86. The largest absolute Gasteiger partial charge is 0.458 e. The zero-order valence-corrected chi connectivity index (χ0v) is 22.1. The Balaban J connectivity index is 1.16. The number of nitrogens with zero attached hydrogens (tertiary/aromatic N) is 1. The molecule has 1 atom stereocenters. The normalized spacial score (nSPS) is 13.6. The molecule has 1 aliphatic carbocycles. The van der Waals surface area contributed by atoms with Crippen LogP contribution in [0.2, 0.25) is 0 Å². The Bertz CT molecular complexity index is 1570. The first kappa shape index (κ1) is 24.7. The van der Waals surface area contributed by atoms with E-state index in [9.17, 15) is 4.79 Å². The molecule has 6 rings (SSSR count). The van der Waals surface area contributed by atoms with Crippen molar-refractivity contribution in [3.05, 3.63) is 114 Å². The number of esters is 1. The molecule has 0 saturated heterocycles. The molecule has 5 aromatic rings. The Morgan fingerprint density at radius 2 is 1.33 bits per heavy atom. The first-order valence-electron chi connectivity index (χ1n) is 13.4. The average molecular weight is 515 g/mol. The van der Waals surface area contributed by atoms with E-state index in [2.05, 4.69) is 71.1 Å². The van der Waals surface area contributed by atoms with Gasteiger partial charge in [0.25, 0.3) is 0 Å². The smallest absolute Gasteiger partial charge is 0.309 e. The fourth-order valence-corrected chi connectivity index (χ4v) is 4.65. The molecular weight excluding hydrogens is 484 g/mol. The molecule has 4 aromatic carbocycles. The molecule has 1 saturated carbocycles. The molecular formula is C34H30N2O3. The van der Waals surface area contributed by atoms with Gasteiger partial charge in [-0.1, -0.05) is 96.2 Å². The number of hydrogen-bond acceptors (Lipinski definition) is 5. The summed E-state index contributed by atoms with van der Waals surface area (Å²) < 4.78 is 11.3. The molecule has 0 aliphatic heterocycles. The summed E-state index contributed by atoms with van der Waals surface area (Å²) in [4.78, 5) is 12.0. The second-order valence-electron chi connectivity index (χ2n) is 10.1. The van der Waals surface area contributed by atoms with Crippen LogP contribution < -0.4 is 5.32 Å². The second kappa shape index (κ2) is 10.6. The van der Waals surface area contributed by atoms with Gasteiger partial charge in [0.2, 0.25) is 0 Å². The predicted molar refractivity (Wildman–Crippen MR) is 155 cm³/mol. The molecule has 0 spiro atoms. The van der Waals surface area contributed by atoms with Gasteiger partial charge in [0.1, 0.15) is 17.5 Å². The van der Waals surface area contributed by atoms with E-state index in [0.717, 1.165) is 52.2 Å². The molecule has 5 nitrogen and oxygen atoms in total. The van der Waals surface area contributed by atoms with Crippen LogP contribution in [0.15, 0.2) is 108 Å². The molecule has 1 aromatic heterocycles. The summed E-state index contributed by atoms with van der Waals surface area (Å²) in [5.74, 6) is 0.727. The summed E-state index contributed by atoms with van der Waals surface area (Å²) in [6, 6.07) is 35.1. The zero-order valence-electron chi connectivity index (χ0n) is 22.1. The molecule has 0 radical (unpaired) electrons. The number of ether oxygens (including phenoxy) is 1. The van der Waals surface area contributed by atoms with Gasteiger partial charge in [-0.2, -0.15) is 0 Å². The van der Waals surface area contributed by atoms with Crippen molar-refractivity contribution in [3.8, 4) is 33.6 Å². The number of anilines is 2. The number of nitrogens with one attached hydrogen (secondary N) is 1. The van der Waals surface area contributed by atoms with E-state index >= 15 is 0 Å². The lowest BCUT2D eigenvalue weighted by atomic mass is 10.00. The van der Waals surface area contributed by atoms with Crippen molar-refractivity contribution in [2.75, 3.05) is 5.32 Å². The maximum Gasteiger partial charge on any atom is 0.309 e. The third kappa shape index (κ3) is 5.48. The van der Waals surface area contributed by atoms with Crippen LogP contribution in [-0.2, 0) is 9.53 Å². The number of carbonyl (C=O) groups is 1. The van der Waals surface area contributed by atoms with Gasteiger partial charge in [-0.15, -0.1) is 0 Å². The minimum absolute atomic E-state index is 0.0807. The Morgan fingerprint density at radius 3 is 1.95 bits per heavy atom. The van der Waals surface area contributed by atoms with Crippen LogP contribution in [0.3, 0.4) is 0 Å². The maximum absolute atomic E-state index is 12.0. The molecule has 0 bridgehead atoms. The summed E-state index contributed by atoms with van der Waals surface area (Å²) in [7, 11) is 0. The fourth-order valence-electron chi connectivity index (χ4n) is 4.65. The molecule has 1 unspecified atom stereocenters. The van der Waals surface area contributed by atoms with Gasteiger partial charge in [-0.3, -0.25) is 4.79 Å². The minimum atomic E-state index is -0.246. The maximum atomic E-state index is 12.0. The van der Waals surface area contributed by atoms with Gasteiger partial charge >= 0.3 is 5.97 Å². The lowest BCUT2D eigenvalue weighted by Gasteiger charge is -2.14. The van der Waals surface area contributed by atoms with Crippen molar-refractivity contribution in [2.24, 2.45) is 5.92 Å². The molecule has 194 valence electrons. The highest BCUT2D eigenvalue weighted by atomic mass is 16.5. The van der Waals surface area contributed by atoms with Crippen LogP contribution >= 0.6 is 0 Å². The first-order valence-corrected chi connectivity index (χ1v) is 13.4. The molecule has 5 heteroatoms. The van der Waals surface area contributed by atoms with Gasteiger partial charge in [-0.05, 0) is 66.6 Å².